The zero-order chi connectivity index (χ0) is 17.1. The summed E-state index contributed by atoms with van der Waals surface area (Å²) in [4.78, 5) is 0. The van der Waals surface area contributed by atoms with E-state index in [9.17, 15) is 5.11 Å². The molecule has 3 heteroatoms. The lowest BCUT2D eigenvalue weighted by Crippen LogP contribution is -2.53. The minimum absolute atomic E-state index is 0.0727. The minimum Gasteiger partial charge on any atom is -0.391 e. The van der Waals surface area contributed by atoms with Gasteiger partial charge in [0, 0.05) is 30.1 Å². The van der Waals surface area contributed by atoms with E-state index in [0.29, 0.717) is 23.3 Å². The molecule has 2 unspecified atom stereocenters. The highest BCUT2D eigenvalue weighted by atomic mass is 16.3. The second-order valence-corrected chi connectivity index (χ2v) is 8.81. The van der Waals surface area contributed by atoms with Crippen LogP contribution in [0.15, 0.2) is 35.6 Å². The Morgan fingerprint density at radius 1 is 1.12 bits per heavy atom. The summed E-state index contributed by atoms with van der Waals surface area (Å²) < 4.78 is 0. The molecule has 4 aliphatic carbocycles. The molecule has 24 heavy (non-hydrogen) atoms. The van der Waals surface area contributed by atoms with Crippen LogP contribution in [0.1, 0.15) is 39.5 Å². The molecule has 0 bridgehead atoms. The van der Waals surface area contributed by atoms with Crippen molar-refractivity contribution in [3.63, 3.8) is 0 Å². The molecule has 3 nitrogen and oxygen atoms in total. The summed E-state index contributed by atoms with van der Waals surface area (Å²) in [5, 5.41) is 17.2. The van der Waals surface area contributed by atoms with Gasteiger partial charge in [0.2, 0.25) is 0 Å². The third-order valence-corrected chi connectivity index (χ3v) is 7.96. The summed E-state index contributed by atoms with van der Waals surface area (Å²) in [5.41, 5.74) is 3.17. The SMILES string of the molecule is CNC1=CC2=CC(O)C=C[C@]2(C)[C@@H]2CC[C@]3(C)C(NC)CC[C@H]3[C@H]12. The van der Waals surface area contributed by atoms with E-state index in [1.54, 1.807) is 0 Å². The molecule has 4 rings (SSSR count). The van der Waals surface area contributed by atoms with Crippen molar-refractivity contribution in [2.24, 2.45) is 28.6 Å². The Balaban J connectivity index is 1.80. The number of rotatable bonds is 2. The van der Waals surface area contributed by atoms with Crippen LogP contribution in [0.4, 0.5) is 0 Å². The summed E-state index contributed by atoms with van der Waals surface area (Å²) >= 11 is 0. The highest BCUT2D eigenvalue weighted by molar-refractivity contribution is 5.44. The fourth-order valence-electron chi connectivity index (χ4n) is 6.58. The Morgan fingerprint density at radius 3 is 2.62 bits per heavy atom. The fraction of sp³-hybridized carbons (Fsp3) is 0.714. The Labute approximate surface area is 146 Å². The maximum atomic E-state index is 10.1. The van der Waals surface area contributed by atoms with E-state index >= 15 is 0 Å². The van der Waals surface area contributed by atoms with Gasteiger partial charge in [-0.3, -0.25) is 0 Å². The van der Waals surface area contributed by atoms with Crippen molar-refractivity contribution in [2.45, 2.75) is 51.7 Å². The molecule has 0 aromatic rings. The second kappa shape index (κ2) is 5.47. The molecule has 2 saturated carbocycles. The molecule has 0 heterocycles. The van der Waals surface area contributed by atoms with E-state index in [2.05, 4.69) is 50.7 Å². The molecule has 3 N–H and O–H groups in total. The zero-order valence-electron chi connectivity index (χ0n) is 15.5. The summed E-state index contributed by atoms with van der Waals surface area (Å²) in [6.07, 6.45) is 13.4. The predicted octanol–water partition coefficient (Wildman–Crippen LogP) is 3.00. The molecule has 132 valence electrons. The summed E-state index contributed by atoms with van der Waals surface area (Å²) in [5.74, 6) is 1.98. The van der Waals surface area contributed by atoms with Crippen molar-refractivity contribution >= 4 is 0 Å². The van der Waals surface area contributed by atoms with Crippen LogP contribution in [-0.4, -0.2) is 31.3 Å². The first-order valence-corrected chi connectivity index (χ1v) is 9.60. The van der Waals surface area contributed by atoms with Gasteiger partial charge in [0.1, 0.15) is 0 Å². The largest absolute Gasteiger partial charge is 0.391 e. The molecule has 0 spiro atoms. The van der Waals surface area contributed by atoms with Gasteiger partial charge < -0.3 is 15.7 Å². The molecule has 0 saturated heterocycles. The smallest absolute Gasteiger partial charge is 0.0908 e. The maximum Gasteiger partial charge on any atom is 0.0908 e. The average molecular weight is 329 g/mol. The minimum atomic E-state index is -0.437. The van der Waals surface area contributed by atoms with E-state index in [1.165, 1.54) is 37.0 Å². The lowest BCUT2D eigenvalue weighted by molar-refractivity contribution is 0.00405. The number of aliphatic hydroxyl groups excluding tert-OH is 1. The lowest BCUT2D eigenvalue weighted by Gasteiger charge is -2.56. The van der Waals surface area contributed by atoms with Crippen molar-refractivity contribution in [3.05, 3.63) is 35.6 Å². The Kier molecular flexibility index (Phi) is 3.74. The quantitative estimate of drug-likeness (QED) is 0.683. The molecular formula is C21H32N2O. The first kappa shape index (κ1) is 16.4. The standard InChI is InChI=1S/C21H32N2O/c1-20-9-7-14(24)11-13(20)12-17(22-3)19-15-5-6-18(23-4)21(15,2)10-8-16(19)20/h7,9,11-12,14-16,18-19,22-24H,5-6,8,10H2,1-4H3/t14?,15-,16+,18?,19-,20-,21-/m0/s1. The van der Waals surface area contributed by atoms with Gasteiger partial charge in [-0.15, -0.1) is 0 Å². The second-order valence-electron chi connectivity index (χ2n) is 8.81. The zero-order valence-corrected chi connectivity index (χ0v) is 15.5. The van der Waals surface area contributed by atoms with Gasteiger partial charge in [0.05, 0.1) is 6.10 Å². The summed E-state index contributed by atoms with van der Waals surface area (Å²) in [6.45, 7) is 4.90. The van der Waals surface area contributed by atoms with Crippen LogP contribution in [0.25, 0.3) is 0 Å². The molecule has 2 fully saturated rings. The lowest BCUT2D eigenvalue weighted by atomic mass is 9.49. The van der Waals surface area contributed by atoms with Crippen LogP contribution in [0.3, 0.4) is 0 Å². The molecule has 7 atom stereocenters. The number of fused-ring (bicyclic) bond motifs is 5. The van der Waals surface area contributed by atoms with E-state index in [0.717, 1.165) is 5.92 Å². The van der Waals surface area contributed by atoms with Gasteiger partial charge in [-0.25, -0.2) is 0 Å². The monoisotopic (exact) mass is 328 g/mol. The average Bonchev–Trinajstić information content (AvgIpc) is 2.91. The van der Waals surface area contributed by atoms with Crippen LogP contribution < -0.4 is 10.6 Å². The molecule has 0 aromatic carbocycles. The molecular weight excluding hydrogens is 296 g/mol. The molecule has 0 aromatic heterocycles. The molecule has 0 radical (unpaired) electrons. The molecule has 4 aliphatic rings. The molecule has 0 amide bonds. The van der Waals surface area contributed by atoms with E-state index in [1.807, 2.05) is 12.2 Å². The Bertz CT molecular complexity index is 621. The van der Waals surface area contributed by atoms with E-state index < -0.39 is 6.10 Å². The summed E-state index contributed by atoms with van der Waals surface area (Å²) in [7, 11) is 4.20. The maximum absolute atomic E-state index is 10.1. The van der Waals surface area contributed by atoms with Gasteiger partial charge in [-0.2, -0.15) is 0 Å². The van der Waals surface area contributed by atoms with Crippen LogP contribution in [0.5, 0.6) is 0 Å². The number of aliphatic hydroxyl groups is 1. The van der Waals surface area contributed by atoms with Gasteiger partial charge in [-0.1, -0.05) is 26.0 Å². The molecule has 0 aliphatic heterocycles. The number of hydrogen-bond acceptors (Lipinski definition) is 3. The van der Waals surface area contributed by atoms with Gasteiger partial charge in [0.15, 0.2) is 0 Å². The normalized spacial score (nSPS) is 49.6. The fourth-order valence-corrected chi connectivity index (χ4v) is 6.58. The van der Waals surface area contributed by atoms with Crippen LogP contribution in [0.2, 0.25) is 0 Å². The number of allylic oxidation sites excluding steroid dienone is 4. The van der Waals surface area contributed by atoms with Crippen molar-refractivity contribution in [3.8, 4) is 0 Å². The van der Waals surface area contributed by atoms with E-state index in [4.69, 9.17) is 0 Å². The van der Waals surface area contributed by atoms with Crippen molar-refractivity contribution < 1.29 is 5.11 Å². The number of nitrogens with one attached hydrogen (secondary N) is 2. The van der Waals surface area contributed by atoms with Crippen molar-refractivity contribution in [1.29, 1.82) is 0 Å². The van der Waals surface area contributed by atoms with Crippen molar-refractivity contribution in [1.82, 2.24) is 10.6 Å². The predicted molar refractivity (Wildman–Crippen MR) is 98.4 cm³/mol. The highest BCUT2D eigenvalue weighted by Gasteiger charge is 2.58. The van der Waals surface area contributed by atoms with Crippen LogP contribution in [-0.2, 0) is 0 Å². The highest BCUT2D eigenvalue weighted by Crippen LogP contribution is 2.64. The summed E-state index contributed by atoms with van der Waals surface area (Å²) in [6, 6.07) is 0.648. The third-order valence-electron chi connectivity index (χ3n) is 7.96. The van der Waals surface area contributed by atoms with E-state index in [-0.39, 0.29) is 5.41 Å². The van der Waals surface area contributed by atoms with Gasteiger partial charge in [0.25, 0.3) is 0 Å². The first-order chi connectivity index (χ1) is 11.4. The van der Waals surface area contributed by atoms with Crippen molar-refractivity contribution in [2.75, 3.05) is 14.1 Å². The van der Waals surface area contributed by atoms with Gasteiger partial charge in [-0.05, 0) is 67.7 Å². The third kappa shape index (κ3) is 2.04. The van der Waals surface area contributed by atoms with Crippen LogP contribution in [0, 0.1) is 28.6 Å². The first-order valence-electron chi connectivity index (χ1n) is 9.60. The Morgan fingerprint density at radius 2 is 1.92 bits per heavy atom. The van der Waals surface area contributed by atoms with Crippen LogP contribution >= 0.6 is 0 Å². The Hall–Kier alpha value is -1.06. The topological polar surface area (TPSA) is 44.3 Å². The number of hydrogen-bond donors (Lipinski definition) is 3. The van der Waals surface area contributed by atoms with Gasteiger partial charge >= 0.3 is 0 Å².